The number of benzene rings is 1. The van der Waals surface area contributed by atoms with E-state index in [1.807, 2.05) is 30.3 Å². The monoisotopic (exact) mass is 229 g/mol. The van der Waals surface area contributed by atoms with Crippen molar-refractivity contribution in [2.45, 2.75) is 33.2 Å². The Morgan fingerprint density at radius 2 is 1.88 bits per heavy atom. The van der Waals surface area contributed by atoms with Gasteiger partial charge in [-0.25, -0.2) is 4.98 Å². The van der Waals surface area contributed by atoms with Crippen molar-refractivity contribution in [2.75, 3.05) is 5.73 Å². The van der Waals surface area contributed by atoms with Crippen LogP contribution in [0.1, 0.15) is 32.6 Å². The highest BCUT2D eigenvalue weighted by molar-refractivity contribution is 5.71. The number of anilines is 1. The second-order valence-electron chi connectivity index (χ2n) is 4.45. The van der Waals surface area contributed by atoms with E-state index in [9.17, 15) is 0 Å². The molecule has 3 nitrogen and oxygen atoms in total. The maximum Gasteiger partial charge on any atom is 0.131 e. The summed E-state index contributed by atoms with van der Waals surface area (Å²) in [5, 5.41) is 0. The van der Waals surface area contributed by atoms with Gasteiger partial charge < -0.3 is 10.3 Å². The molecule has 1 aromatic heterocycles. The van der Waals surface area contributed by atoms with Crippen LogP contribution in [0.2, 0.25) is 0 Å². The molecule has 1 heterocycles. The molecule has 17 heavy (non-hydrogen) atoms. The first-order chi connectivity index (χ1) is 8.15. The van der Waals surface area contributed by atoms with Crippen molar-refractivity contribution in [1.82, 2.24) is 9.55 Å². The first-order valence-corrected chi connectivity index (χ1v) is 6.07. The van der Waals surface area contributed by atoms with Crippen LogP contribution >= 0.6 is 0 Å². The topological polar surface area (TPSA) is 43.8 Å². The Hall–Kier alpha value is -1.77. The Kier molecular flexibility index (Phi) is 3.18. The molecule has 0 aliphatic carbocycles. The molecule has 0 atom stereocenters. The van der Waals surface area contributed by atoms with Crippen LogP contribution in [0, 0.1) is 0 Å². The third kappa shape index (κ3) is 2.05. The van der Waals surface area contributed by atoms with Gasteiger partial charge in [0, 0.05) is 18.0 Å². The van der Waals surface area contributed by atoms with Gasteiger partial charge in [-0.15, -0.1) is 0 Å². The Labute approximate surface area is 102 Å². The summed E-state index contributed by atoms with van der Waals surface area (Å²) in [7, 11) is 0. The zero-order valence-corrected chi connectivity index (χ0v) is 10.6. The lowest BCUT2D eigenvalue weighted by Crippen LogP contribution is -2.08. The molecule has 0 aliphatic heterocycles. The Morgan fingerprint density at radius 3 is 2.35 bits per heavy atom. The van der Waals surface area contributed by atoms with Gasteiger partial charge in [0.15, 0.2) is 0 Å². The predicted octanol–water partition coefficient (Wildman–Crippen LogP) is 3.28. The van der Waals surface area contributed by atoms with Gasteiger partial charge in [-0.3, -0.25) is 0 Å². The van der Waals surface area contributed by atoms with Gasteiger partial charge in [-0.1, -0.05) is 37.3 Å². The van der Waals surface area contributed by atoms with Crippen LogP contribution in [0.4, 0.5) is 5.82 Å². The van der Waals surface area contributed by atoms with Gasteiger partial charge in [0.25, 0.3) is 0 Å². The standard InChI is InChI=1S/C14H19N3/c1-4-12-16-13(11-8-6-5-7-9-11)14(15)17(12)10(2)3/h5-10H,4,15H2,1-3H3. The van der Waals surface area contributed by atoms with Crippen molar-refractivity contribution in [3.63, 3.8) is 0 Å². The average Bonchev–Trinajstić information content (AvgIpc) is 2.67. The fourth-order valence-electron chi connectivity index (χ4n) is 2.13. The minimum Gasteiger partial charge on any atom is -0.383 e. The summed E-state index contributed by atoms with van der Waals surface area (Å²) in [5.41, 5.74) is 8.19. The van der Waals surface area contributed by atoms with E-state index in [0.717, 1.165) is 29.3 Å². The first kappa shape index (κ1) is 11.7. The second-order valence-corrected chi connectivity index (χ2v) is 4.45. The lowest BCUT2D eigenvalue weighted by Gasteiger charge is -2.12. The quantitative estimate of drug-likeness (QED) is 0.877. The minimum absolute atomic E-state index is 0.343. The highest BCUT2D eigenvalue weighted by Gasteiger charge is 2.16. The summed E-state index contributed by atoms with van der Waals surface area (Å²) >= 11 is 0. The third-order valence-corrected chi connectivity index (χ3v) is 2.90. The maximum atomic E-state index is 6.21. The fourth-order valence-corrected chi connectivity index (χ4v) is 2.13. The number of aryl methyl sites for hydroxylation is 1. The molecule has 0 radical (unpaired) electrons. The first-order valence-electron chi connectivity index (χ1n) is 6.07. The van der Waals surface area contributed by atoms with Crippen LogP contribution in [-0.4, -0.2) is 9.55 Å². The van der Waals surface area contributed by atoms with E-state index in [4.69, 9.17) is 5.73 Å². The molecule has 0 fully saturated rings. The summed E-state index contributed by atoms with van der Waals surface area (Å²) in [4.78, 5) is 4.66. The number of hydrogen-bond donors (Lipinski definition) is 1. The predicted molar refractivity (Wildman–Crippen MR) is 71.8 cm³/mol. The molecule has 0 amide bonds. The van der Waals surface area contributed by atoms with Crippen molar-refractivity contribution in [2.24, 2.45) is 0 Å². The van der Waals surface area contributed by atoms with Gasteiger partial charge in [-0.2, -0.15) is 0 Å². The maximum absolute atomic E-state index is 6.21. The van der Waals surface area contributed by atoms with Crippen molar-refractivity contribution in [3.05, 3.63) is 36.2 Å². The van der Waals surface area contributed by atoms with Crippen LogP contribution in [0.25, 0.3) is 11.3 Å². The van der Waals surface area contributed by atoms with Gasteiger partial charge in [-0.05, 0) is 13.8 Å². The average molecular weight is 229 g/mol. The number of rotatable bonds is 3. The van der Waals surface area contributed by atoms with E-state index in [2.05, 4.69) is 30.3 Å². The summed E-state index contributed by atoms with van der Waals surface area (Å²) in [6.07, 6.45) is 0.898. The van der Waals surface area contributed by atoms with E-state index in [0.29, 0.717) is 6.04 Å². The van der Waals surface area contributed by atoms with Gasteiger partial charge in [0.1, 0.15) is 17.3 Å². The largest absolute Gasteiger partial charge is 0.383 e. The summed E-state index contributed by atoms with van der Waals surface area (Å²) in [5.74, 6) is 1.82. The number of hydrogen-bond acceptors (Lipinski definition) is 2. The van der Waals surface area contributed by atoms with Crippen molar-refractivity contribution < 1.29 is 0 Å². The molecule has 1 aromatic carbocycles. The molecule has 0 unspecified atom stereocenters. The van der Waals surface area contributed by atoms with E-state index in [-0.39, 0.29) is 0 Å². The van der Waals surface area contributed by atoms with E-state index in [1.54, 1.807) is 0 Å². The van der Waals surface area contributed by atoms with Crippen molar-refractivity contribution >= 4 is 5.82 Å². The molecule has 2 rings (SSSR count). The van der Waals surface area contributed by atoms with Gasteiger partial charge in [0.05, 0.1) is 0 Å². The number of aromatic nitrogens is 2. The Balaban J connectivity index is 2.57. The Morgan fingerprint density at radius 1 is 1.24 bits per heavy atom. The van der Waals surface area contributed by atoms with E-state index in [1.165, 1.54) is 0 Å². The zero-order chi connectivity index (χ0) is 12.4. The number of imidazole rings is 1. The number of nitrogen functional groups attached to an aromatic ring is 1. The SMILES string of the molecule is CCc1nc(-c2ccccc2)c(N)n1C(C)C. The summed E-state index contributed by atoms with van der Waals surface area (Å²) < 4.78 is 2.11. The molecule has 0 spiro atoms. The van der Waals surface area contributed by atoms with Crippen LogP contribution in [0.15, 0.2) is 30.3 Å². The molecule has 90 valence electrons. The molecule has 3 heteroatoms. The zero-order valence-electron chi connectivity index (χ0n) is 10.6. The molecule has 2 aromatic rings. The summed E-state index contributed by atoms with van der Waals surface area (Å²) in [6.45, 7) is 6.37. The Bertz CT molecular complexity index is 498. The molecular weight excluding hydrogens is 210 g/mol. The summed E-state index contributed by atoms with van der Waals surface area (Å²) in [6, 6.07) is 10.4. The van der Waals surface area contributed by atoms with Crippen LogP contribution in [0.3, 0.4) is 0 Å². The molecule has 0 saturated carbocycles. The van der Waals surface area contributed by atoms with Gasteiger partial charge >= 0.3 is 0 Å². The lowest BCUT2D eigenvalue weighted by molar-refractivity contribution is 0.579. The van der Waals surface area contributed by atoms with E-state index < -0.39 is 0 Å². The van der Waals surface area contributed by atoms with Crippen LogP contribution < -0.4 is 5.73 Å². The highest BCUT2D eigenvalue weighted by Crippen LogP contribution is 2.28. The molecule has 0 bridgehead atoms. The van der Waals surface area contributed by atoms with E-state index >= 15 is 0 Å². The smallest absolute Gasteiger partial charge is 0.131 e. The number of nitrogens with two attached hydrogens (primary N) is 1. The fraction of sp³-hybridized carbons (Fsp3) is 0.357. The molecular formula is C14H19N3. The van der Waals surface area contributed by atoms with Crippen molar-refractivity contribution in [1.29, 1.82) is 0 Å². The number of nitrogens with zero attached hydrogens (tertiary/aromatic N) is 2. The second kappa shape index (κ2) is 4.62. The lowest BCUT2D eigenvalue weighted by atomic mass is 10.1. The van der Waals surface area contributed by atoms with Gasteiger partial charge in [0.2, 0.25) is 0 Å². The van der Waals surface area contributed by atoms with Crippen LogP contribution in [-0.2, 0) is 6.42 Å². The highest BCUT2D eigenvalue weighted by atomic mass is 15.2. The minimum atomic E-state index is 0.343. The normalized spacial score (nSPS) is 11.1. The molecule has 0 aliphatic rings. The van der Waals surface area contributed by atoms with Crippen molar-refractivity contribution in [3.8, 4) is 11.3 Å². The molecule has 2 N–H and O–H groups in total. The third-order valence-electron chi connectivity index (χ3n) is 2.90. The van der Waals surface area contributed by atoms with Crippen LogP contribution in [0.5, 0.6) is 0 Å². The molecule has 0 saturated heterocycles.